The first kappa shape index (κ1) is 59.6. The van der Waals surface area contributed by atoms with E-state index in [0.29, 0.717) is 72.6 Å². The molecule has 0 saturated heterocycles. The highest BCUT2D eigenvalue weighted by Gasteiger charge is 2.34. The van der Waals surface area contributed by atoms with Crippen LogP contribution in [-0.2, 0) is 23.2 Å². The molecular formula is C67H65N6O8P3. The van der Waals surface area contributed by atoms with Gasteiger partial charge in [0.25, 0.3) is 17.7 Å². The van der Waals surface area contributed by atoms with Gasteiger partial charge in [0.15, 0.2) is 0 Å². The molecule has 0 radical (unpaired) electrons. The molecule has 0 spiro atoms. The van der Waals surface area contributed by atoms with Crippen molar-refractivity contribution in [3.63, 3.8) is 0 Å². The van der Waals surface area contributed by atoms with Crippen molar-refractivity contribution >= 4 is 112 Å². The number of hydrogen-bond acceptors (Lipinski definition) is 8. The van der Waals surface area contributed by atoms with Gasteiger partial charge in [0, 0.05) is 109 Å². The van der Waals surface area contributed by atoms with Gasteiger partial charge in [-0.2, -0.15) is 0 Å². The van der Waals surface area contributed by atoms with Crippen LogP contribution in [0, 0.1) is 0 Å². The van der Waals surface area contributed by atoms with Gasteiger partial charge in [-0.25, -0.2) is 0 Å². The Morgan fingerprint density at radius 2 is 0.571 bits per heavy atom. The Hall–Kier alpha value is -9.05. The summed E-state index contributed by atoms with van der Waals surface area (Å²) in [4.78, 5) is 61.0. The van der Waals surface area contributed by atoms with Gasteiger partial charge in [-0.1, -0.05) is 109 Å². The fourth-order valence-corrected chi connectivity index (χ4v) is 16.8. The quantitative estimate of drug-likeness (QED) is 0.0620. The van der Waals surface area contributed by atoms with Crippen LogP contribution in [0.5, 0.6) is 0 Å². The zero-order chi connectivity index (χ0) is 59.4. The van der Waals surface area contributed by atoms with Gasteiger partial charge in [-0.15, -0.1) is 0 Å². The van der Waals surface area contributed by atoms with E-state index in [-0.39, 0.29) is 42.3 Å². The molecule has 14 nitrogen and oxygen atoms in total. The Kier molecular flexibility index (Phi) is 18.8. The molecule has 3 amide bonds. The van der Waals surface area contributed by atoms with Crippen molar-refractivity contribution in [3.8, 4) is 0 Å². The van der Waals surface area contributed by atoms with Crippen molar-refractivity contribution in [3.05, 3.63) is 253 Å². The topological polar surface area (TPSA) is 175 Å². The summed E-state index contributed by atoms with van der Waals surface area (Å²) in [6, 6.07) is 69.3. The Balaban J connectivity index is 0.00000134. The third-order valence-electron chi connectivity index (χ3n) is 14.0. The predicted molar refractivity (Wildman–Crippen MR) is 344 cm³/mol. The molecular weight excluding hydrogens is 1110 g/mol. The van der Waals surface area contributed by atoms with Crippen LogP contribution in [0.25, 0.3) is 0 Å². The maximum absolute atomic E-state index is 15.7. The Bertz CT molecular complexity index is 3430. The normalized spacial score (nSPS) is 12.7. The summed E-state index contributed by atoms with van der Waals surface area (Å²) in [5, 5.41) is 13.3. The molecule has 6 bridgehead atoms. The standard InChI is InChI=1S/C63H57N6O6P3.C4H8O2/c1-4-67-52-40-47(38-49(43-52)64-76(73,55-25-13-7-14-26-55)56-27-15-8-16-28-56)62(71)69(6-3)54-42-48(39-51(45-54)66-78(75,59-33-21-11-22-34-59)60-35-23-12-24-36-60)63(72)68(5-2)53-41-46(61(67)70)37-50(44-53)65-77(74,57-29-17-9-18-30-57)58-31-19-10-20-32-58;1-3-6-4(2)5/h7-45H,4-6H2,1-3H3,(H,64,73)(H,65,74)(H,66,75);3H2,1-2H3. The smallest absolute Gasteiger partial charge is 0.302 e. The van der Waals surface area contributed by atoms with E-state index in [4.69, 9.17) is 0 Å². The van der Waals surface area contributed by atoms with Crippen LogP contribution in [0.1, 0.15) is 65.7 Å². The van der Waals surface area contributed by atoms with Gasteiger partial charge >= 0.3 is 5.97 Å². The van der Waals surface area contributed by atoms with Crippen molar-refractivity contribution in [2.45, 2.75) is 34.6 Å². The molecule has 0 saturated carbocycles. The highest BCUT2D eigenvalue weighted by Crippen LogP contribution is 2.48. The summed E-state index contributed by atoms with van der Waals surface area (Å²) in [6.45, 7) is 9.47. The number of hydrogen-bond donors (Lipinski definition) is 3. The number of ether oxygens (including phenoxy) is 1. The summed E-state index contributed by atoms with van der Waals surface area (Å²) in [7, 11) is -11.1. The SMILES string of the molecule is CCN1C(=O)c2cc(NP(=O)(c3ccccc3)c3ccccc3)cc(c2)N(CC)C(=O)c2cc(NP(=O)(c3ccccc3)c3ccccc3)cc(c2)N(CC)C(=O)c2cc(NP(=O)(c3ccccc3)c3ccccc3)cc1c2.CCOC(C)=O. The third-order valence-corrected chi connectivity index (χ3v) is 21.9. The van der Waals surface area contributed by atoms with Crippen LogP contribution < -0.4 is 61.8 Å². The zero-order valence-corrected chi connectivity index (χ0v) is 50.0. The van der Waals surface area contributed by atoms with Gasteiger partial charge in [-0.05, 0) is 155 Å². The summed E-state index contributed by atoms with van der Waals surface area (Å²) in [5.74, 6) is -1.68. The lowest BCUT2D eigenvalue weighted by Gasteiger charge is -2.28. The van der Waals surface area contributed by atoms with Gasteiger partial charge in [-0.3, -0.25) is 32.9 Å². The number of nitrogens with one attached hydrogen (secondary N) is 3. The fraction of sp³-hybridized carbons (Fsp3) is 0.134. The number of nitrogens with zero attached hydrogens (tertiary/aromatic N) is 3. The number of esters is 1. The lowest BCUT2D eigenvalue weighted by molar-refractivity contribution is -0.140. The number of carbonyl (C=O) groups is 4. The van der Waals surface area contributed by atoms with Gasteiger partial charge in [0.2, 0.25) is 21.9 Å². The van der Waals surface area contributed by atoms with Crippen LogP contribution in [-0.4, -0.2) is 49.9 Å². The molecule has 3 N–H and O–H groups in total. The predicted octanol–water partition coefficient (Wildman–Crippen LogP) is 12.6. The Labute approximate surface area is 490 Å². The van der Waals surface area contributed by atoms with E-state index >= 15 is 28.1 Å². The number of amides is 3. The molecule has 1 aliphatic heterocycles. The minimum atomic E-state index is -3.69. The summed E-state index contributed by atoms with van der Waals surface area (Å²) < 4.78 is 51.5. The second-order valence-corrected chi connectivity index (χ2v) is 27.0. The first-order valence-corrected chi connectivity index (χ1v) is 32.8. The van der Waals surface area contributed by atoms with E-state index in [1.54, 1.807) is 134 Å². The van der Waals surface area contributed by atoms with E-state index in [9.17, 15) is 4.79 Å². The monoisotopic (exact) mass is 1170 g/mol. The van der Waals surface area contributed by atoms with Gasteiger partial charge < -0.3 is 34.7 Å². The fourth-order valence-electron chi connectivity index (χ4n) is 10.1. The minimum absolute atomic E-state index is 0.122. The summed E-state index contributed by atoms with van der Waals surface area (Å²) in [5.41, 5.74) is 2.31. The second kappa shape index (κ2) is 26.5. The van der Waals surface area contributed by atoms with Crippen molar-refractivity contribution in [1.29, 1.82) is 0 Å². The molecule has 84 heavy (non-hydrogen) atoms. The van der Waals surface area contributed by atoms with Crippen molar-refractivity contribution in [1.82, 2.24) is 0 Å². The summed E-state index contributed by atoms with van der Waals surface area (Å²) in [6.07, 6.45) is 0. The van der Waals surface area contributed by atoms with Crippen LogP contribution in [0.2, 0.25) is 0 Å². The van der Waals surface area contributed by atoms with Crippen molar-refractivity contribution in [2.75, 3.05) is 56.2 Å². The van der Waals surface area contributed by atoms with Crippen LogP contribution in [0.3, 0.4) is 0 Å². The number of fused-ring (bicyclic) bond motifs is 6. The second-order valence-electron chi connectivity index (χ2n) is 19.6. The molecule has 426 valence electrons. The molecule has 1 aliphatic rings. The molecule has 9 aromatic rings. The zero-order valence-electron chi connectivity index (χ0n) is 47.3. The maximum atomic E-state index is 15.7. The highest BCUT2D eigenvalue weighted by molar-refractivity contribution is 7.80. The molecule has 0 unspecified atom stereocenters. The maximum Gasteiger partial charge on any atom is 0.302 e. The largest absolute Gasteiger partial charge is 0.466 e. The minimum Gasteiger partial charge on any atom is -0.466 e. The van der Waals surface area contributed by atoms with E-state index in [1.165, 1.54) is 21.6 Å². The molecule has 9 aromatic carbocycles. The number of carbonyl (C=O) groups excluding carboxylic acids is 4. The molecule has 0 aliphatic carbocycles. The molecule has 17 heteroatoms. The number of benzene rings is 9. The molecule has 0 atom stereocenters. The van der Waals surface area contributed by atoms with E-state index in [0.717, 1.165) is 0 Å². The number of rotatable bonds is 16. The third kappa shape index (κ3) is 12.9. The van der Waals surface area contributed by atoms with Crippen LogP contribution in [0.15, 0.2) is 237 Å². The Morgan fingerprint density at radius 1 is 0.357 bits per heavy atom. The average Bonchev–Trinajstić information content (AvgIpc) is 1.86. The van der Waals surface area contributed by atoms with Crippen molar-refractivity contribution in [2.24, 2.45) is 0 Å². The highest BCUT2D eigenvalue weighted by atomic mass is 31.2. The van der Waals surface area contributed by atoms with Crippen LogP contribution >= 0.6 is 21.9 Å². The first-order chi connectivity index (χ1) is 40.6. The Morgan fingerprint density at radius 3 is 0.738 bits per heavy atom. The van der Waals surface area contributed by atoms with Gasteiger partial charge in [0.05, 0.1) is 6.61 Å². The molecule has 0 fully saturated rings. The van der Waals surface area contributed by atoms with E-state index in [2.05, 4.69) is 20.0 Å². The van der Waals surface area contributed by atoms with Gasteiger partial charge in [0.1, 0.15) is 0 Å². The average molecular weight is 1180 g/mol. The van der Waals surface area contributed by atoms with Crippen molar-refractivity contribution < 1.29 is 37.6 Å². The summed E-state index contributed by atoms with van der Waals surface area (Å²) >= 11 is 0. The van der Waals surface area contributed by atoms with E-state index in [1.807, 2.05) is 130 Å². The first-order valence-electron chi connectivity index (χ1n) is 27.6. The van der Waals surface area contributed by atoms with Crippen LogP contribution in [0.4, 0.5) is 34.1 Å². The number of anilines is 6. The molecule has 1 heterocycles. The molecule has 10 rings (SSSR count). The lowest BCUT2D eigenvalue weighted by Crippen LogP contribution is -2.33. The van der Waals surface area contributed by atoms with E-state index < -0.39 is 39.6 Å². The molecule has 0 aromatic heterocycles. The lowest BCUT2D eigenvalue weighted by atomic mass is 10.1.